The van der Waals surface area contributed by atoms with Crippen molar-refractivity contribution >= 4 is 11.6 Å². The fourth-order valence-electron chi connectivity index (χ4n) is 2.52. The Morgan fingerprint density at radius 2 is 1.79 bits per heavy atom. The molecule has 2 heteroatoms. The Morgan fingerprint density at radius 1 is 1.07 bits per heavy atom. The number of Topliss-reactive ketones (excluding diaryl/α,β-unsaturated/α-hetero) is 2. The summed E-state index contributed by atoms with van der Waals surface area (Å²) in [6.45, 7) is 0. The molecule has 0 heterocycles. The van der Waals surface area contributed by atoms with Gasteiger partial charge < -0.3 is 0 Å². The number of hydrogen-bond acceptors (Lipinski definition) is 2. The summed E-state index contributed by atoms with van der Waals surface area (Å²) in [5.41, 5.74) is 0. The molecule has 2 aliphatic carbocycles. The molecule has 2 nitrogen and oxygen atoms in total. The first kappa shape index (κ1) is 9.63. The van der Waals surface area contributed by atoms with Crippen molar-refractivity contribution in [2.75, 3.05) is 0 Å². The Morgan fingerprint density at radius 3 is 2.36 bits per heavy atom. The summed E-state index contributed by atoms with van der Waals surface area (Å²) < 4.78 is 0. The lowest BCUT2D eigenvalue weighted by Gasteiger charge is -2.27. The third kappa shape index (κ3) is 1.79. The van der Waals surface area contributed by atoms with Gasteiger partial charge in [-0.1, -0.05) is 12.2 Å². The molecular formula is C12H16O2. The number of ketones is 2. The highest BCUT2D eigenvalue weighted by atomic mass is 16.2. The topological polar surface area (TPSA) is 34.1 Å². The number of rotatable bonds is 1. The molecule has 0 radical (unpaired) electrons. The van der Waals surface area contributed by atoms with Crippen LogP contribution in [-0.4, -0.2) is 11.6 Å². The summed E-state index contributed by atoms with van der Waals surface area (Å²) in [4.78, 5) is 23.3. The fourth-order valence-corrected chi connectivity index (χ4v) is 2.52. The van der Waals surface area contributed by atoms with E-state index in [0.717, 1.165) is 25.7 Å². The zero-order valence-electron chi connectivity index (χ0n) is 8.37. The van der Waals surface area contributed by atoms with Gasteiger partial charge in [-0.2, -0.15) is 0 Å². The maximum absolute atomic E-state index is 11.6. The van der Waals surface area contributed by atoms with Gasteiger partial charge in [-0.3, -0.25) is 9.59 Å². The third-order valence-electron chi connectivity index (χ3n) is 3.26. The van der Waals surface area contributed by atoms with Crippen LogP contribution in [0.1, 0.15) is 38.5 Å². The first-order chi connectivity index (χ1) is 6.79. The molecule has 0 spiro atoms. The van der Waals surface area contributed by atoms with Gasteiger partial charge in [-0.15, -0.1) is 0 Å². The Labute approximate surface area is 84.4 Å². The molecule has 0 N–H and O–H groups in total. The molecule has 0 amide bonds. The van der Waals surface area contributed by atoms with Crippen LogP contribution >= 0.6 is 0 Å². The van der Waals surface area contributed by atoms with E-state index in [2.05, 4.69) is 12.2 Å². The van der Waals surface area contributed by atoms with Crippen LogP contribution in [0.5, 0.6) is 0 Å². The van der Waals surface area contributed by atoms with Gasteiger partial charge in [0.2, 0.25) is 0 Å². The first-order valence-electron chi connectivity index (χ1n) is 5.51. The van der Waals surface area contributed by atoms with E-state index in [1.165, 1.54) is 0 Å². The maximum atomic E-state index is 11.6. The van der Waals surface area contributed by atoms with Gasteiger partial charge in [0.05, 0.1) is 5.92 Å². The van der Waals surface area contributed by atoms with Crippen LogP contribution in [0.4, 0.5) is 0 Å². The van der Waals surface area contributed by atoms with Gasteiger partial charge in [0.1, 0.15) is 11.6 Å². The van der Waals surface area contributed by atoms with Crippen molar-refractivity contribution < 1.29 is 9.59 Å². The van der Waals surface area contributed by atoms with E-state index < -0.39 is 0 Å². The summed E-state index contributed by atoms with van der Waals surface area (Å²) in [6, 6.07) is 0. The Hall–Kier alpha value is -0.920. The van der Waals surface area contributed by atoms with Gasteiger partial charge in [0.15, 0.2) is 0 Å². The number of carbonyl (C=O) groups excluding carboxylic acids is 2. The molecule has 0 aromatic heterocycles. The lowest BCUT2D eigenvalue weighted by Crippen LogP contribution is -2.34. The highest BCUT2D eigenvalue weighted by Gasteiger charge is 2.35. The molecule has 0 bridgehead atoms. The van der Waals surface area contributed by atoms with Crippen LogP contribution in [0, 0.1) is 11.8 Å². The van der Waals surface area contributed by atoms with E-state index in [-0.39, 0.29) is 23.4 Å². The molecule has 1 fully saturated rings. The molecule has 14 heavy (non-hydrogen) atoms. The molecule has 1 atom stereocenters. The zero-order valence-corrected chi connectivity index (χ0v) is 8.37. The maximum Gasteiger partial charge on any atom is 0.143 e. The van der Waals surface area contributed by atoms with Crippen molar-refractivity contribution in [3.8, 4) is 0 Å². The standard InChI is InChI=1S/C12H16O2/c13-10-7-4-8-11(14)12(10)9-5-2-1-3-6-9/h2,5,9,12H,1,3-4,6-8H2/t9-/m1/s1. The summed E-state index contributed by atoms with van der Waals surface area (Å²) in [6.07, 6.45) is 9.42. The monoisotopic (exact) mass is 192 g/mol. The van der Waals surface area contributed by atoms with Crippen molar-refractivity contribution in [1.29, 1.82) is 0 Å². The molecule has 0 saturated heterocycles. The molecule has 2 aliphatic rings. The van der Waals surface area contributed by atoms with Gasteiger partial charge in [0.25, 0.3) is 0 Å². The second kappa shape index (κ2) is 4.07. The molecule has 2 rings (SSSR count). The Kier molecular flexibility index (Phi) is 2.80. The number of hydrogen-bond donors (Lipinski definition) is 0. The SMILES string of the molecule is O=C1CCCC(=O)C1[C@@H]1C=CCCC1. The van der Waals surface area contributed by atoms with Crippen LogP contribution in [0.15, 0.2) is 12.2 Å². The molecular weight excluding hydrogens is 176 g/mol. The van der Waals surface area contributed by atoms with Gasteiger partial charge >= 0.3 is 0 Å². The van der Waals surface area contributed by atoms with E-state index in [9.17, 15) is 9.59 Å². The highest BCUT2D eigenvalue weighted by molar-refractivity contribution is 6.04. The lowest BCUT2D eigenvalue weighted by atomic mass is 9.74. The van der Waals surface area contributed by atoms with Gasteiger partial charge in [-0.25, -0.2) is 0 Å². The van der Waals surface area contributed by atoms with E-state index in [1.807, 2.05) is 0 Å². The molecule has 1 saturated carbocycles. The Bertz CT molecular complexity index is 262. The van der Waals surface area contributed by atoms with Crippen LogP contribution < -0.4 is 0 Å². The smallest absolute Gasteiger partial charge is 0.143 e. The second-order valence-electron chi connectivity index (χ2n) is 4.29. The van der Waals surface area contributed by atoms with Crippen molar-refractivity contribution in [1.82, 2.24) is 0 Å². The molecule has 0 unspecified atom stereocenters. The Balaban J connectivity index is 2.13. The van der Waals surface area contributed by atoms with Crippen LogP contribution in [0.25, 0.3) is 0 Å². The predicted molar refractivity (Wildman–Crippen MR) is 53.8 cm³/mol. The molecule has 0 aliphatic heterocycles. The normalized spacial score (nSPS) is 29.6. The van der Waals surface area contributed by atoms with Crippen LogP contribution in [-0.2, 0) is 9.59 Å². The molecule has 0 aromatic rings. The largest absolute Gasteiger partial charge is 0.299 e. The molecule has 76 valence electrons. The second-order valence-corrected chi connectivity index (χ2v) is 4.29. The first-order valence-corrected chi connectivity index (χ1v) is 5.51. The third-order valence-corrected chi connectivity index (χ3v) is 3.26. The van der Waals surface area contributed by atoms with Crippen molar-refractivity contribution in [2.24, 2.45) is 11.8 Å². The number of allylic oxidation sites excluding steroid dienone is 2. The minimum Gasteiger partial charge on any atom is -0.299 e. The van der Waals surface area contributed by atoms with Gasteiger partial charge in [0, 0.05) is 12.8 Å². The fraction of sp³-hybridized carbons (Fsp3) is 0.667. The zero-order chi connectivity index (χ0) is 9.97. The summed E-state index contributed by atoms with van der Waals surface area (Å²) in [7, 11) is 0. The van der Waals surface area contributed by atoms with Crippen molar-refractivity contribution in [2.45, 2.75) is 38.5 Å². The predicted octanol–water partition coefficient (Wildman–Crippen LogP) is 2.28. The van der Waals surface area contributed by atoms with Crippen LogP contribution in [0.3, 0.4) is 0 Å². The number of carbonyl (C=O) groups is 2. The van der Waals surface area contributed by atoms with E-state index in [4.69, 9.17) is 0 Å². The minimum absolute atomic E-state index is 0.179. The quantitative estimate of drug-likeness (QED) is 0.472. The average Bonchev–Trinajstić information content (AvgIpc) is 2.19. The highest BCUT2D eigenvalue weighted by Crippen LogP contribution is 2.31. The average molecular weight is 192 g/mol. The van der Waals surface area contributed by atoms with Crippen LogP contribution in [0.2, 0.25) is 0 Å². The van der Waals surface area contributed by atoms with E-state index in [1.54, 1.807) is 0 Å². The lowest BCUT2D eigenvalue weighted by molar-refractivity contribution is -0.137. The van der Waals surface area contributed by atoms with Crippen molar-refractivity contribution in [3.05, 3.63) is 12.2 Å². The van der Waals surface area contributed by atoms with Crippen molar-refractivity contribution in [3.63, 3.8) is 0 Å². The summed E-state index contributed by atoms with van der Waals surface area (Å²) in [5, 5.41) is 0. The molecule has 0 aromatic carbocycles. The van der Waals surface area contributed by atoms with E-state index in [0.29, 0.717) is 12.8 Å². The van der Waals surface area contributed by atoms with Gasteiger partial charge in [-0.05, 0) is 31.6 Å². The summed E-state index contributed by atoms with van der Waals surface area (Å²) >= 11 is 0. The summed E-state index contributed by atoms with van der Waals surface area (Å²) in [5.74, 6) is 0.278. The van der Waals surface area contributed by atoms with E-state index >= 15 is 0 Å². The minimum atomic E-state index is -0.291.